The molecule has 0 fully saturated rings. The third-order valence-electron chi connectivity index (χ3n) is 2.83. The van der Waals surface area contributed by atoms with E-state index >= 15 is 0 Å². The molecule has 1 atom stereocenters. The molecule has 0 aliphatic heterocycles. The molecule has 0 aromatic heterocycles. The summed E-state index contributed by atoms with van der Waals surface area (Å²) in [6.45, 7) is 8.64. The maximum absolute atomic E-state index is 5.24. The molecule has 0 unspecified atom stereocenters. The summed E-state index contributed by atoms with van der Waals surface area (Å²) < 4.78 is 0. The third kappa shape index (κ3) is 4.73. The summed E-state index contributed by atoms with van der Waals surface area (Å²) >= 11 is 5.24. The average Bonchev–Trinajstić information content (AvgIpc) is 2.29. The molecule has 0 bridgehead atoms. The minimum absolute atomic E-state index is 0.407. The van der Waals surface area contributed by atoms with Crippen LogP contribution in [0.4, 0.5) is 5.69 Å². The highest BCUT2D eigenvalue weighted by molar-refractivity contribution is 7.80. The third-order valence-corrected chi connectivity index (χ3v) is 3.04. The van der Waals surface area contributed by atoms with Crippen LogP contribution in [0.1, 0.15) is 45.6 Å². The van der Waals surface area contributed by atoms with Gasteiger partial charge in [-0.15, -0.1) is 0 Å². The van der Waals surface area contributed by atoms with Gasteiger partial charge in [-0.2, -0.15) is 0 Å². The van der Waals surface area contributed by atoms with E-state index in [1.54, 1.807) is 0 Å². The molecule has 17 heavy (non-hydrogen) atoms. The largest absolute Gasteiger partial charge is 0.360 e. The molecule has 3 heteroatoms. The fourth-order valence-corrected chi connectivity index (χ4v) is 1.76. The Kier molecular flexibility index (Phi) is 5.42. The van der Waals surface area contributed by atoms with E-state index in [9.17, 15) is 0 Å². The Morgan fingerprint density at radius 2 is 1.76 bits per heavy atom. The molecule has 0 radical (unpaired) electrons. The van der Waals surface area contributed by atoms with Gasteiger partial charge < -0.3 is 10.6 Å². The minimum atomic E-state index is 0.407. The van der Waals surface area contributed by atoms with E-state index in [0.717, 1.165) is 12.1 Å². The topological polar surface area (TPSA) is 24.1 Å². The molecule has 0 saturated heterocycles. The van der Waals surface area contributed by atoms with E-state index < -0.39 is 0 Å². The number of nitrogens with one attached hydrogen (secondary N) is 2. The van der Waals surface area contributed by atoms with Crippen LogP contribution >= 0.6 is 12.2 Å². The summed E-state index contributed by atoms with van der Waals surface area (Å²) in [5, 5.41) is 7.12. The van der Waals surface area contributed by atoms with Crippen LogP contribution in [0, 0.1) is 0 Å². The second kappa shape index (κ2) is 6.60. The second-order valence-electron chi connectivity index (χ2n) is 4.68. The van der Waals surface area contributed by atoms with Crippen molar-refractivity contribution in [2.45, 2.75) is 46.1 Å². The maximum Gasteiger partial charge on any atom is 0.170 e. The van der Waals surface area contributed by atoms with Gasteiger partial charge >= 0.3 is 0 Å². The molecule has 0 spiro atoms. The highest BCUT2D eigenvalue weighted by atomic mass is 32.1. The van der Waals surface area contributed by atoms with E-state index in [-0.39, 0.29) is 0 Å². The summed E-state index contributed by atoms with van der Waals surface area (Å²) in [6.07, 6.45) is 1.06. The lowest BCUT2D eigenvalue weighted by atomic mass is 10.0. The number of hydrogen-bond acceptors (Lipinski definition) is 1. The number of anilines is 1. The van der Waals surface area contributed by atoms with Gasteiger partial charge in [0.05, 0.1) is 0 Å². The lowest BCUT2D eigenvalue weighted by Crippen LogP contribution is -2.35. The number of rotatable bonds is 4. The first-order chi connectivity index (χ1) is 8.02. The van der Waals surface area contributed by atoms with Crippen LogP contribution in [0.25, 0.3) is 0 Å². The summed E-state index contributed by atoms with van der Waals surface area (Å²) in [5.41, 5.74) is 2.38. The number of hydrogen-bond donors (Lipinski definition) is 2. The first-order valence-corrected chi connectivity index (χ1v) is 6.61. The van der Waals surface area contributed by atoms with Crippen molar-refractivity contribution >= 4 is 23.0 Å². The van der Waals surface area contributed by atoms with Gasteiger partial charge in [-0.25, -0.2) is 0 Å². The second-order valence-corrected chi connectivity index (χ2v) is 5.09. The highest BCUT2D eigenvalue weighted by Gasteiger charge is 2.02. The molecule has 1 aromatic carbocycles. The predicted molar refractivity (Wildman–Crippen MR) is 79.6 cm³/mol. The summed E-state index contributed by atoms with van der Waals surface area (Å²) in [4.78, 5) is 0. The monoisotopic (exact) mass is 250 g/mol. The first kappa shape index (κ1) is 14.0. The molecule has 0 saturated carbocycles. The average molecular weight is 250 g/mol. The predicted octanol–water partition coefficient (Wildman–Crippen LogP) is 3.89. The Bertz CT molecular complexity index is 357. The molecule has 2 N–H and O–H groups in total. The summed E-state index contributed by atoms with van der Waals surface area (Å²) in [7, 11) is 0. The Hall–Kier alpha value is -1.09. The van der Waals surface area contributed by atoms with Crippen molar-refractivity contribution in [1.82, 2.24) is 5.32 Å². The van der Waals surface area contributed by atoms with Crippen molar-refractivity contribution in [3.63, 3.8) is 0 Å². The normalized spacial score (nSPS) is 12.3. The van der Waals surface area contributed by atoms with Crippen molar-refractivity contribution in [1.29, 1.82) is 0 Å². The van der Waals surface area contributed by atoms with Crippen molar-refractivity contribution in [3.05, 3.63) is 29.8 Å². The Balaban J connectivity index is 2.54. The molecular formula is C14H22N2S. The number of benzene rings is 1. The van der Waals surface area contributed by atoms with E-state index in [2.05, 4.69) is 62.6 Å². The van der Waals surface area contributed by atoms with Crippen LogP contribution in [-0.4, -0.2) is 11.2 Å². The van der Waals surface area contributed by atoms with Crippen LogP contribution in [-0.2, 0) is 0 Å². The molecular weight excluding hydrogens is 228 g/mol. The van der Waals surface area contributed by atoms with E-state index in [4.69, 9.17) is 12.2 Å². The molecule has 0 heterocycles. The van der Waals surface area contributed by atoms with Crippen molar-refractivity contribution < 1.29 is 0 Å². The van der Waals surface area contributed by atoms with E-state index in [1.165, 1.54) is 5.56 Å². The van der Waals surface area contributed by atoms with Gasteiger partial charge in [-0.3, -0.25) is 0 Å². The van der Waals surface area contributed by atoms with Crippen LogP contribution in [0.2, 0.25) is 0 Å². The van der Waals surface area contributed by atoms with Crippen LogP contribution in [0.3, 0.4) is 0 Å². The SMILES string of the molecule is CC[C@@H](C)NC(=S)Nc1ccc(C(C)C)cc1. The van der Waals surface area contributed by atoms with Crippen molar-refractivity contribution in [3.8, 4) is 0 Å². The van der Waals surface area contributed by atoms with Gasteiger partial charge in [0, 0.05) is 11.7 Å². The molecule has 1 aromatic rings. The Labute approximate surface area is 110 Å². The van der Waals surface area contributed by atoms with Gasteiger partial charge in [0.15, 0.2) is 5.11 Å². The van der Waals surface area contributed by atoms with Gasteiger partial charge in [-0.05, 0) is 49.2 Å². The summed E-state index contributed by atoms with van der Waals surface area (Å²) in [6, 6.07) is 8.82. The standard InChI is InChI=1S/C14H22N2S/c1-5-11(4)15-14(17)16-13-8-6-12(7-9-13)10(2)3/h6-11H,5H2,1-4H3,(H2,15,16,17)/t11-/m1/s1. The first-order valence-electron chi connectivity index (χ1n) is 6.20. The molecule has 2 nitrogen and oxygen atoms in total. The zero-order chi connectivity index (χ0) is 12.8. The quantitative estimate of drug-likeness (QED) is 0.793. The van der Waals surface area contributed by atoms with Crippen LogP contribution < -0.4 is 10.6 Å². The summed E-state index contributed by atoms with van der Waals surface area (Å²) in [5.74, 6) is 0.564. The molecule has 94 valence electrons. The molecule has 0 amide bonds. The Morgan fingerprint density at radius 1 is 1.18 bits per heavy atom. The fraction of sp³-hybridized carbons (Fsp3) is 0.500. The smallest absolute Gasteiger partial charge is 0.170 e. The molecule has 0 aliphatic carbocycles. The highest BCUT2D eigenvalue weighted by Crippen LogP contribution is 2.16. The minimum Gasteiger partial charge on any atom is -0.360 e. The Morgan fingerprint density at radius 3 is 2.24 bits per heavy atom. The van der Waals surface area contributed by atoms with Gasteiger partial charge in [0.25, 0.3) is 0 Å². The lowest BCUT2D eigenvalue weighted by molar-refractivity contribution is 0.646. The number of thiocarbonyl (C=S) groups is 1. The van der Waals surface area contributed by atoms with Crippen LogP contribution in [0.15, 0.2) is 24.3 Å². The van der Waals surface area contributed by atoms with E-state index in [0.29, 0.717) is 17.1 Å². The van der Waals surface area contributed by atoms with Crippen molar-refractivity contribution in [2.75, 3.05) is 5.32 Å². The van der Waals surface area contributed by atoms with Crippen molar-refractivity contribution in [2.24, 2.45) is 0 Å². The van der Waals surface area contributed by atoms with Gasteiger partial charge in [-0.1, -0.05) is 32.9 Å². The zero-order valence-corrected chi connectivity index (χ0v) is 11.9. The molecule has 1 rings (SSSR count). The van der Waals surface area contributed by atoms with Gasteiger partial charge in [0.2, 0.25) is 0 Å². The van der Waals surface area contributed by atoms with Crippen LogP contribution in [0.5, 0.6) is 0 Å². The lowest BCUT2D eigenvalue weighted by Gasteiger charge is -2.15. The fourth-order valence-electron chi connectivity index (χ4n) is 1.44. The van der Waals surface area contributed by atoms with E-state index in [1.807, 2.05) is 0 Å². The molecule has 0 aliphatic rings. The van der Waals surface area contributed by atoms with Gasteiger partial charge in [0.1, 0.15) is 0 Å². The maximum atomic E-state index is 5.24. The zero-order valence-electron chi connectivity index (χ0n) is 11.1.